The van der Waals surface area contributed by atoms with Crippen LogP contribution in [0.25, 0.3) is 0 Å². The molecule has 148 valence electrons. The standard InChI is InChI=1S/C21H22FNO5/c1-26-17-11-15(12-18(27-2)19(17)28-3)21(25)23-9-8-14(20(23)24)10-13-4-6-16(22)7-5-13/h4-7,11-12,14H,8-10H2,1-3H3. The Kier molecular flexibility index (Phi) is 5.82. The molecule has 2 amide bonds. The van der Waals surface area contributed by atoms with E-state index in [9.17, 15) is 14.0 Å². The van der Waals surface area contributed by atoms with Gasteiger partial charge in [0.25, 0.3) is 5.91 Å². The number of likely N-dealkylation sites (tertiary alicyclic amines) is 1. The Morgan fingerprint density at radius 2 is 1.68 bits per heavy atom. The van der Waals surface area contributed by atoms with E-state index < -0.39 is 5.91 Å². The lowest BCUT2D eigenvalue weighted by molar-refractivity contribution is -0.128. The first-order valence-corrected chi connectivity index (χ1v) is 8.88. The van der Waals surface area contributed by atoms with E-state index in [1.807, 2.05) is 0 Å². The number of halogens is 1. The Labute approximate surface area is 162 Å². The van der Waals surface area contributed by atoms with Crippen LogP contribution in [0.3, 0.4) is 0 Å². The van der Waals surface area contributed by atoms with Crippen molar-refractivity contribution in [2.45, 2.75) is 12.8 Å². The number of nitrogens with zero attached hydrogens (tertiary/aromatic N) is 1. The quantitative estimate of drug-likeness (QED) is 0.713. The molecule has 1 saturated heterocycles. The van der Waals surface area contributed by atoms with E-state index in [1.165, 1.54) is 50.5 Å². The molecule has 0 aromatic heterocycles. The first-order chi connectivity index (χ1) is 13.5. The summed E-state index contributed by atoms with van der Waals surface area (Å²) >= 11 is 0. The molecule has 0 saturated carbocycles. The summed E-state index contributed by atoms with van der Waals surface area (Å²) in [6.07, 6.45) is 1.03. The maximum absolute atomic E-state index is 13.1. The second-order valence-corrected chi connectivity index (χ2v) is 6.53. The smallest absolute Gasteiger partial charge is 0.260 e. The van der Waals surface area contributed by atoms with Crippen LogP contribution in [0.1, 0.15) is 22.3 Å². The van der Waals surface area contributed by atoms with Crippen molar-refractivity contribution in [1.82, 2.24) is 4.90 Å². The zero-order valence-corrected chi connectivity index (χ0v) is 16.0. The third-order valence-electron chi connectivity index (χ3n) is 4.87. The number of carbonyl (C=O) groups excluding carboxylic acids is 2. The fraction of sp³-hybridized carbons (Fsp3) is 0.333. The molecule has 1 aliphatic rings. The van der Waals surface area contributed by atoms with Crippen molar-refractivity contribution in [1.29, 1.82) is 0 Å². The monoisotopic (exact) mass is 387 g/mol. The van der Waals surface area contributed by atoms with Gasteiger partial charge in [0.1, 0.15) is 5.82 Å². The molecule has 2 aromatic rings. The molecule has 7 heteroatoms. The average Bonchev–Trinajstić information content (AvgIpc) is 3.08. The molecule has 1 fully saturated rings. The van der Waals surface area contributed by atoms with Gasteiger partial charge in [-0.3, -0.25) is 14.5 Å². The van der Waals surface area contributed by atoms with Crippen molar-refractivity contribution >= 4 is 11.8 Å². The Morgan fingerprint density at radius 1 is 1.07 bits per heavy atom. The molecular weight excluding hydrogens is 365 g/mol. The van der Waals surface area contributed by atoms with E-state index in [1.54, 1.807) is 12.1 Å². The lowest BCUT2D eigenvalue weighted by atomic mass is 9.98. The van der Waals surface area contributed by atoms with Crippen LogP contribution in [0.5, 0.6) is 17.2 Å². The number of methoxy groups -OCH3 is 3. The molecule has 1 aliphatic heterocycles. The van der Waals surface area contributed by atoms with Crippen molar-refractivity contribution in [3.05, 3.63) is 53.3 Å². The highest BCUT2D eigenvalue weighted by Gasteiger charge is 2.36. The summed E-state index contributed by atoms with van der Waals surface area (Å²) in [6.45, 7) is 0.334. The van der Waals surface area contributed by atoms with Crippen molar-refractivity contribution in [2.24, 2.45) is 5.92 Å². The highest BCUT2D eigenvalue weighted by molar-refractivity contribution is 6.06. The minimum Gasteiger partial charge on any atom is -0.493 e. The summed E-state index contributed by atoms with van der Waals surface area (Å²) in [5.41, 5.74) is 1.15. The molecule has 3 rings (SSSR count). The van der Waals surface area contributed by atoms with Gasteiger partial charge < -0.3 is 14.2 Å². The third-order valence-corrected chi connectivity index (χ3v) is 4.87. The highest BCUT2D eigenvalue weighted by Crippen LogP contribution is 2.39. The van der Waals surface area contributed by atoms with E-state index in [-0.39, 0.29) is 23.2 Å². The number of imide groups is 1. The molecule has 0 radical (unpaired) electrons. The van der Waals surface area contributed by atoms with Gasteiger partial charge in [-0.15, -0.1) is 0 Å². The molecule has 1 atom stereocenters. The fourth-order valence-electron chi connectivity index (χ4n) is 3.40. The topological polar surface area (TPSA) is 65.1 Å². The van der Waals surface area contributed by atoms with Gasteiger partial charge in [-0.2, -0.15) is 0 Å². The van der Waals surface area contributed by atoms with Gasteiger partial charge in [-0.25, -0.2) is 4.39 Å². The summed E-state index contributed by atoms with van der Waals surface area (Å²) < 4.78 is 28.9. The molecule has 28 heavy (non-hydrogen) atoms. The summed E-state index contributed by atoms with van der Waals surface area (Å²) in [5.74, 6) is -0.200. The van der Waals surface area contributed by atoms with E-state index >= 15 is 0 Å². The molecule has 1 heterocycles. The first-order valence-electron chi connectivity index (χ1n) is 8.88. The van der Waals surface area contributed by atoms with E-state index in [0.717, 1.165) is 5.56 Å². The van der Waals surface area contributed by atoms with Crippen LogP contribution in [0.15, 0.2) is 36.4 Å². The third kappa shape index (κ3) is 3.78. The summed E-state index contributed by atoms with van der Waals surface area (Å²) in [6, 6.07) is 9.12. The van der Waals surface area contributed by atoms with Gasteiger partial charge in [-0.05, 0) is 42.7 Å². The Morgan fingerprint density at radius 3 is 2.21 bits per heavy atom. The molecule has 2 aromatic carbocycles. The van der Waals surface area contributed by atoms with Crippen LogP contribution >= 0.6 is 0 Å². The number of ether oxygens (including phenoxy) is 3. The van der Waals surface area contributed by atoms with Gasteiger partial charge in [-0.1, -0.05) is 12.1 Å². The molecule has 0 N–H and O–H groups in total. The van der Waals surface area contributed by atoms with Crippen LogP contribution < -0.4 is 14.2 Å². The molecule has 0 bridgehead atoms. The number of rotatable bonds is 6. The minimum atomic E-state index is -0.411. The normalized spacial score (nSPS) is 16.2. The zero-order chi connectivity index (χ0) is 20.3. The SMILES string of the molecule is COc1cc(C(=O)N2CCC(Cc3ccc(F)cc3)C2=O)cc(OC)c1OC. The van der Waals surface area contributed by atoms with E-state index in [2.05, 4.69) is 0 Å². The maximum atomic E-state index is 13.1. The largest absolute Gasteiger partial charge is 0.493 e. The van der Waals surface area contributed by atoms with Crippen LogP contribution in [0.4, 0.5) is 4.39 Å². The molecular formula is C21H22FNO5. The van der Waals surface area contributed by atoms with Crippen molar-refractivity contribution in [3.63, 3.8) is 0 Å². The number of amides is 2. The zero-order valence-electron chi connectivity index (χ0n) is 16.0. The van der Waals surface area contributed by atoms with E-state index in [0.29, 0.717) is 36.6 Å². The van der Waals surface area contributed by atoms with Crippen molar-refractivity contribution in [3.8, 4) is 17.2 Å². The van der Waals surface area contributed by atoms with E-state index in [4.69, 9.17) is 14.2 Å². The summed E-state index contributed by atoms with van der Waals surface area (Å²) in [4.78, 5) is 27.0. The Bertz CT molecular complexity index is 856. The number of hydrogen-bond acceptors (Lipinski definition) is 5. The summed E-state index contributed by atoms with van der Waals surface area (Å²) in [5, 5.41) is 0. The lowest BCUT2D eigenvalue weighted by Crippen LogP contribution is -2.34. The molecule has 6 nitrogen and oxygen atoms in total. The average molecular weight is 387 g/mol. The highest BCUT2D eigenvalue weighted by atomic mass is 19.1. The van der Waals surface area contributed by atoms with Gasteiger partial charge in [0.15, 0.2) is 11.5 Å². The van der Waals surface area contributed by atoms with Gasteiger partial charge in [0.05, 0.1) is 21.3 Å². The lowest BCUT2D eigenvalue weighted by Gasteiger charge is -2.18. The molecule has 0 aliphatic carbocycles. The van der Waals surface area contributed by atoms with Gasteiger partial charge >= 0.3 is 0 Å². The van der Waals surface area contributed by atoms with Crippen LogP contribution in [0.2, 0.25) is 0 Å². The maximum Gasteiger partial charge on any atom is 0.260 e. The number of hydrogen-bond donors (Lipinski definition) is 0. The van der Waals surface area contributed by atoms with Crippen LogP contribution in [-0.4, -0.2) is 44.6 Å². The predicted octanol–water partition coefficient (Wildman–Crippen LogP) is 3.08. The van der Waals surface area contributed by atoms with Crippen molar-refractivity contribution < 1.29 is 28.2 Å². The Hall–Kier alpha value is -3.09. The summed E-state index contributed by atoms with van der Waals surface area (Å²) in [7, 11) is 4.41. The van der Waals surface area contributed by atoms with Crippen molar-refractivity contribution in [2.75, 3.05) is 27.9 Å². The second kappa shape index (κ2) is 8.29. The minimum absolute atomic E-state index is 0.233. The van der Waals surface area contributed by atoms with Gasteiger partial charge in [0, 0.05) is 18.0 Å². The number of benzene rings is 2. The predicted molar refractivity (Wildman–Crippen MR) is 100 cm³/mol. The second-order valence-electron chi connectivity index (χ2n) is 6.53. The van der Waals surface area contributed by atoms with Crippen LogP contribution in [-0.2, 0) is 11.2 Å². The Balaban J connectivity index is 1.79. The fourth-order valence-corrected chi connectivity index (χ4v) is 3.40. The number of carbonyl (C=O) groups is 2. The van der Waals surface area contributed by atoms with Crippen LogP contribution in [0, 0.1) is 11.7 Å². The van der Waals surface area contributed by atoms with Gasteiger partial charge in [0.2, 0.25) is 11.7 Å². The first kappa shape index (κ1) is 19.7. The molecule has 0 spiro atoms. The molecule has 1 unspecified atom stereocenters.